The van der Waals surface area contributed by atoms with Crippen LogP contribution < -0.4 is 16.0 Å². The van der Waals surface area contributed by atoms with Gasteiger partial charge in [-0.15, -0.1) is 0 Å². The van der Waals surface area contributed by atoms with Crippen molar-refractivity contribution < 1.29 is 23.9 Å². The van der Waals surface area contributed by atoms with Gasteiger partial charge in [-0.2, -0.15) is 0 Å². The van der Waals surface area contributed by atoms with Crippen LogP contribution in [0.4, 0.5) is 9.59 Å². The summed E-state index contributed by atoms with van der Waals surface area (Å²) in [5, 5.41) is 8.28. The second-order valence-electron chi connectivity index (χ2n) is 7.30. The molecule has 180 valence electrons. The maximum absolute atomic E-state index is 12.2. The van der Waals surface area contributed by atoms with E-state index in [1.165, 1.54) is 0 Å². The number of alkyl carbamates (subject to hydrolysis) is 2. The first-order valence-electron chi connectivity index (χ1n) is 11.4. The maximum atomic E-state index is 12.2. The number of ether oxygens (including phenoxy) is 2. The third-order valence-corrected chi connectivity index (χ3v) is 4.63. The van der Waals surface area contributed by atoms with Crippen molar-refractivity contribution in [3.8, 4) is 0 Å². The van der Waals surface area contributed by atoms with Crippen LogP contribution in [0.1, 0.15) is 49.9 Å². The van der Waals surface area contributed by atoms with Crippen molar-refractivity contribution in [2.24, 2.45) is 0 Å². The average Bonchev–Trinajstić information content (AvgIpc) is 2.79. The van der Waals surface area contributed by atoms with E-state index in [9.17, 15) is 14.4 Å². The summed E-state index contributed by atoms with van der Waals surface area (Å²) in [6.07, 6.45) is 2.91. The van der Waals surface area contributed by atoms with Gasteiger partial charge in [-0.3, -0.25) is 9.69 Å². The van der Waals surface area contributed by atoms with E-state index >= 15 is 0 Å². The van der Waals surface area contributed by atoms with Crippen molar-refractivity contribution in [2.75, 3.05) is 52.5 Å². The van der Waals surface area contributed by atoms with Crippen molar-refractivity contribution in [1.82, 2.24) is 20.9 Å². The topological polar surface area (TPSA) is 109 Å². The van der Waals surface area contributed by atoms with Crippen molar-refractivity contribution >= 4 is 18.1 Å². The van der Waals surface area contributed by atoms with Gasteiger partial charge >= 0.3 is 12.2 Å². The largest absolute Gasteiger partial charge is 0.448 e. The predicted octanol–water partition coefficient (Wildman–Crippen LogP) is 2.77. The number of nitrogens with zero attached hydrogens (tertiary/aromatic N) is 1. The zero-order chi connectivity index (χ0) is 23.4. The fourth-order valence-corrected chi connectivity index (χ4v) is 2.73. The van der Waals surface area contributed by atoms with Crippen molar-refractivity contribution in [1.29, 1.82) is 0 Å². The molecule has 32 heavy (non-hydrogen) atoms. The molecule has 3 N–H and O–H groups in total. The van der Waals surface area contributed by atoms with E-state index in [2.05, 4.69) is 16.0 Å². The Balaban J connectivity index is 2.40. The molecule has 0 aliphatic heterocycles. The molecule has 0 unspecified atom stereocenters. The number of hydrogen-bond donors (Lipinski definition) is 3. The minimum Gasteiger partial charge on any atom is -0.448 e. The summed E-state index contributed by atoms with van der Waals surface area (Å²) in [6.45, 7) is 7.55. The summed E-state index contributed by atoms with van der Waals surface area (Å²) in [6, 6.07) is 8.99. The Labute approximate surface area is 191 Å². The number of unbranched alkanes of at least 4 members (excludes halogenated alkanes) is 2. The van der Waals surface area contributed by atoms with E-state index in [-0.39, 0.29) is 19.1 Å². The number of nitrogens with one attached hydrogen (secondary N) is 3. The lowest BCUT2D eigenvalue weighted by Gasteiger charge is -2.22. The molecule has 9 heteroatoms. The summed E-state index contributed by atoms with van der Waals surface area (Å²) in [5.74, 6) is -0.149. The predicted molar refractivity (Wildman–Crippen MR) is 124 cm³/mol. The number of carbonyl (C=O) groups is 3. The van der Waals surface area contributed by atoms with Crippen molar-refractivity contribution in [3.05, 3.63) is 35.9 Å². The van der Waals surface area contributed by atoms with E-state index < -0.39 is 12.2 Å². The third kappa shape index (κ3) is 13.5. The van der Waals surface area contributed by atoms with Crippen LogP contribution in [0.5, 0.6) is 0 Å². The lowest BCUT2D eigenvalue weighted by atomic mass is 10.2. The van der Waals surface area contributed by atoms with E-state index in [4.69, 9.17) is 9.47 Å². The molecule has 0 aliphatic carbocycles. The second-order valence-corrected chi connectivity index (χ2v) is 7.30. The van der Waals surface area contributed by atoms with Crippen LogP contribution >= 0.6 is 0 Å². The van der Waals surface area contributed by atoms with Gasteiger partial charge in [-0.25, -0.2) is 9.59 Å². The van der Waals surface area contributed by atoms with Gasteiger partial charge in [0.2, 0.25) is 0 Å². The summed E-state index contributed by atoms with van der Waals surface area (Å²) in [4.78, 5) is 37.6. The highest BCUT2D eigenvalue weighted by atomic mass is 16.6. The first-order chi connectivity index (χ1) is 15.6. The van der Waals surface area contributed by atoms with Gasteiger partial charge in [-0.05, 0) is 25.0 Å². The van der Waals surface area contributed by atoms with Crippen LogP contribution in [0.15, 0.2) is 30.3 Å². The van der Waals surface area contributed by atoms with Crippen LogP contribution in [0, 0.1) is 0 Å². The third-order valence-electron chi connectivity index (χ3n) is 4.63. The number of benzene rings is 1. The standard InChI is InChI=1S/C23H38N4O5/c1-3-5-12-25-22(29)31-18-16-27(17-19-32-23(30)26-13-6-4-2)15-14-24-21(28)20-10-8-7-9-11-20/h7-11H,3-6,12-19H2,1-2H3,(H,24,28)(H,25,29)(H,26,30). The summed E-state index contributed by atoms with van der Waals surface area (Å²) >= 11 is 0. The molecular formula is C23H38N4O5. The van der Waals surface area contributed by atoms with Gasteiger partial charge in [0.1, 0.15) is 13.2 Å². The fraction of sp³-hybridized carbons (Fsp3) is 0.609. The van der Waals surface area contributed by atoms with E-state index in [0.717, 1.165) is 25.7 Å². The molecule has 3 amide bonds. The fourth-order valence-electron chi connectivity index (χ4n) is 2.73. The Hall–Kier alpha value is -2.81. The molecule has 0 atom stereocenters. The summed E-state index contributed by atoms with van der Waals surface area (Å²) in [5.41, 5.74) is 0.596. The molecular weight excluding hydrogens is 412 g/mol. The molecule has 0 aliphatic rings. The molecule has 0 aromatic heterocycles. The Morgan fingerprint density at radius 2 is 1.28 bits per heavy atom. The maximum Gasteiger partial charge on any atom is 0.407 e. The monoisotopic (exact) mass is 450 g/mol. The van der Waals surface area contributed by atoms with E-state index in [1.807, 2.05) is 36.9 Å². The summed E-state index contributed by atoms with van der Waals surface area (Å²) in [7, 11) is 0. The number of carbonyl (C=O) groups excluding carboxylic acids is 3. The van der Waals surface area contributed by atoms with Gasteiger partial charge < -0.3 is 25.4 Å². The highest BCUT2D eigenvalue weighted by Crippen LogP contribution is 1.98. The molecule has 1 aromatic carbocycles. The Morgan fingerprint density at radius 1 is 0.750 bits per heavy atom. The van der Waals surface area contributed by atoms with Gasteiger partial charge in [0.25, 0.3) is 5.91 Å². The van der Waals surface area contributed by atoms with Crippen LogP contribution in [0.3, 0.4) is 0 Å². The molecule has 9 nitrogen and oxygen atoms in total. The Bertz CT molecular complexity index is 629. The normalized spacial score (nSPS) is 10.5. The van der Waals surface area contributed by atoms with Gasteiger partial charge in [0.05, 0.1) is 0 Å². The Morgan fingerprint density at radius 3 is 1.78 bits per heavy atom. The van der Waals surface area contributed by atoms with Crippen LogP contribution in [0.2, 0.25) is 0 Å². The molecule has 1 aromatic rings. The van der Waals surface area contributed by atoms with Gasteiger partial charge in [0.15, 0.2) is 0 Å². The minimum atomic E-state index is -0.442. The number of hydrogen-bond acceptors (Lipinski definition) is 6. The van der Waals surface area contributed by atoms with Gasteiger partial charge in [-0.1, -0.05) is 44.9 Å². The highest BCUT2D eigenvalue weighted by Gasteiger charge is 2.10. The van der Waals surface area contributed by atoms with Gasteiger partial charge in [0, 0.05) is 44.8 Å². The zero-order valence-electron chi connectivity index (χ0n) is 19.4. The minimum absolute atomic E-state index is 0.149. The SMILES string of the molecule is CCCCNC(=O)OCCN(CCNC(=O)c1ccccc1)CCOC(=O)NCCCC. The molecule has 0 fully saturated rings. The first kappa shape index (κ1) is 27.2. The van der Waals surface area contributed by atoms with Crippen LogP contribution in [-0.4, -0.2) is 75.5 Å². The molecule has 0 radical (unpaired) electrons. The molecule has 0 saturated heterocycles. The lowest BCUT2D eigenvalue weighted by Crippen LogP contribution is -2.39. The van der Waals surface area contributed by atoms with Crippen LogP contribution in [-0.2, 0) is 9.47 Å². The molecule has 1 rings (SSSR count). The highest BCUT2D eigenvalue weighted by molar-refractivity contribution is 5.94. The van der Waals surface area contributed by atoms with E-state index in [0.29, 0.717) is 44.8 Å². The van der Waals surface area contributed by atoms with Crippen LogP contribution in [0.25, 0.3) is 0 Å². The molecule has 0 heterocycles. The summed E-state index contributed by atoms with van der Waals surface area (Å²) < 4.78 is 10.4. The number of rotatable bonds is 16. The first-order valence-corrected chi connectivity index (χ1v) is 11.4. The molecule has 0 spiro atoms. The quantitative estimate of drug-likeness (QED) is 0.334. The smallest absolute Gasteiger partial charge is 0.407 e. The van der Waals surface area contributed by atoms with Crippen molar-refractivity contribution in [3.63, 3.8) is 0 Å². The number of amides is 3. The molecule has 0 bridgehead atoms. The van der Waals surface area contributed by atoms with E-state index in [1.54, 1.807) is 12.1 Å². The second kappa shape index (κ2) is 17.8. The molecule has 0 saturated carbocycles. The Kier molecular flexibility index (Phi) is 15.2. The van der Waals surface area contributed by atoms with Crippen molar-refractivity contribution in [2.45, 2.75) is 39.5 Å². The zero-order valence-corrected chi connectivity index (χ0v) is 19.4. The lowest BCUT2D eigenvalue weighted by molar-refractivity contribution is 0.0934. The average molecular weight is 451 g/mol.